The van der Waals surface area contributed by atoms with Crippen LogP contribution in [0.3, 0.4) is 0 Å². The lowest BCUT2D eigenvalue weighted by Crippen LogP contribution is -2.10. The van der Waals surface area contributed by atoms with Crippen LogP contribution in [0.25, 0.3) is 11.8 Å². The van der Waals surface area contributed by atoms with Crippen LogP contribution in [0.4, 0.5) is 0 Å². The molecular weight excluding hydrogens is 394 g/mol. The van der Waals surface area contributed by atoms with E-state index < -0.39 is 0 Å². The maximum absolute atomic E-state index is 13.4. The minimum Gasteiger partial charge on any atom is -0.345 e. The van der Waals surface area contributed by atoms with Crippen LogP contribution in [0.15, 0.2) is 42.0 Å². The zero-order valence-electron chi connectivity index (χ0n) is 19.7. The zero-order valence-corrected chi connectivity index (χ0v) is 19.7. The third-order valence-electron chi connectivity index (χ3n) is 6.85. The van der Waals surface area contributed by atoms with Crippen LogP contribution in [0.1, 0.15) is 76.0 Å². The lowest BCUT2D eigenvalue weighted by Gasteiger charge is -2.17. The maximum Gasteiger partial charge on any atom is 0.205 e. The molecule has 0 bridgehead atoms. The van der Waals surface area contributed by atoms with Crippen LogP contribution in [0.5, 0.6) is 0 Å². The molecule has 0 N–H and O–H groups in total. The fraction of sp³-hybridized carbons (Fsp3) is 0.357. The molecule has 2 aromatic heterocycles. The van der Waals surface area contributed by atoms with Crippen LogP contribution in [-0.2, 0) is 0 Å². The highest BCUT2D eigenvalue weighted by Crippen LogP contribution is 2.34. The van der Waals surface area contributed by atoms with Crippen LogP contribution in [0.2, 0.25) is 0 Å². The van der Waals surface area contributed by atoms with Gasteiger partial charge in [-0.15, -0.1) is 0 Å². The van der Waals surface area contributed by atoms with Crippen LogP contribution >= 0.6 is 0 Å². The van der Waals surface area contributed by atoms with Crippen molar-refractivity contribution in [3.63, 3.8) is 0 Å². The summed E-state index contributed by atoms with van der Waals surface area (Å²) in [6, 6.07) is 15.0. The molecule has 4 heteroatoms. The van der Waals surface area contributed by atoms with Crippen LogP contribution in [-0.4, -0.2) is 14.9 Å². The first kappa shape index (κ1) is 21.9. The second kappa shape index (κ2) is 8.67. The molecular formula is C28H31N3O. The summed E-state index contributed by atoms with van der Waals surface area (Å²) >= 11 is 0. The lowest BCUT2D eigenvalue weighted by molar-refractivity contribution is 0.103. The molecule has 1 aromatic carbocycles. The summed E-state index contributed by atoms with van der Waals surface area (Å²) in [6.45, 7) is 10.2. The van der Waals surface area contributed by atoms with Gasteiger partial charge in [0.15, 0.2) is 0 Å². The Morgan fingerprint density at radius 1 is 0.969 bits per heavy atom. The number of hydrogen-bond acceptors (Lipinski definition) is 2. The molecule has 0 spiro atoms. The van der Waals surface area contributed by atoms with Gasteiger partial charge in [0.25, 0.3) is 0 Å². The van der Waals surface area contributed by atoms with Crippen molar-refractivity contribution in [1.82, 2.24) is 9.13 Å². The predicted octanol–water partition coefficient (Wildman–Crippen LogP) is 6.73. The van der Waals surface area contributed by atoms with E-state index >= 15 is 0 Å². The Kier molecular flexibility index (Phi) is 5.93. The fourth-order valence-corrected chi connectivity index (χ4v) is 5.21. The number of benzene rings is 1. The van der Waals surface area contributed by atoms with E-state index in [-0.39, 0.29) is 11.4 Å². The highest BCUT2D eigenvalue weighted by Gasteiger charge is 2.25. The van der Waals surface area contributed by atoms with E-state index in [0.717, 1.165) is 46.9 Å². The van der Waals surface area contributed by atoms with Crippen molar-refractivity contribution in [1.29, 1.82) is 5.26 Å². The SMILES string of the molecule is Cc1ccc(-n2c(C)cc(C=C(C#N)C(=O)c3cc(C)n(C4CCCC4)c3C)c2C)cc1. The molecule has 4 nitrogen and oxygen atoms in total. The molecule has 32 heavy (non-hydrogen) atoms. The molecule has 1 aliphatic rings. The second-order valence-electron chi connectivity index (χ2n) is 9.09. The molecule has 3 aromatic rings. The molecule has 2 heterocycles. The summed E-state index contributed by atoms with van der Waals surface area (Å²) < 4.78 is 4.47. The first-order chi connectivity index (χ1) is 15.3. The Bertz CT molecular complexity index is 1240. The van der Waals surface area contributed by atoms with Crippen molar-refractivity contribution >= 4 is 11.9 Å². The number of nitriles is 1. The van der Waals surface area contributed by atoms with Gasteiger partial charge in [0.1, 0.15) is 11.6 Å². The van der Waals surface area contributed by atoms with Gasteiger partial charge in [-0.25, -0.2) is 0 Å². The fourth-order valence-electron chi connectivity index (χ4n) is 5.21. The number of Topliss-reactive ketones (excluding diaryl/α,β-unsaturated/α-hetero) is 1. The maximum atomic E-state index is 13.4. The zero-order chi connectivity index (χ0) is 23.0. The lowest BCUT2D eigenvalue weighted by atomic mass is 10.0. The number of allylic oxidation sites excluding steroid dienone is 1. The largest absolute Gasteiger partial charge is 0.345 e. The number of carbonyl (C=O) groups excluding carboxylic acids is 1. The van der Waals surface area contributed by atoms with Gasteiger partial charge < -0.3 is 9.13 Å². The predicted molar refractivity (Wildman–Crippen MR) is 129 cm³/mol. The van der Waals surface area contributed by atoms with Gasteiger partial charge in [-0.05, 0) is 83.4 Å². The Labute approximate surface area is 190 Å². The van der Waals surface area contributed by atoms with Crippen LogP contribution < -0.4 is 0 Å². The van der Waals surface area contributed by atoms with Crippen molar-refractivity contribution in [3.8, 4) is 11.8 Å². The standard InChI is InChI=1S/C28H31N3O/c1-18-10-12-26(13-11-18)30-19(2)14-23(21(30)4)16-24(17-29)28(32)27-15-20(3)31(22(27)5)25-8-6-7-9-25/h10-16,25H,6-9H2,1-5H3. The highest BCUT2D eigenvalue weighted by atomic mass is 16.1. The van der Waals surface area contributed by atoms with E-state index in [9.17, 15) is 10.1 Å². The Morgan fingerprint density at radius 2 is 1.62 bits per heavy atom. The number of aryl methyl sites for hydroxylation is 3. The molecule has 4 rings (SSSR count). The molecule has 1 fully saturated rings. The molecule has 0 amide bonds. The average Bonchev–Trinajstić information content (AvgIpc) is 3.45. The molecule has 1 saturated carbocycles. The summed E-state index contributed by atoms with van der Waals surface area (Å²) in [5.74, 6) is -0.190. The van der Waals surface area contributed by atoms with Gasteiger partial charge in [0.05, 0.1) is 0 Å². The number of hydrogen-bond donors (Lipinski definition) is 0. The van der Waals surface area contributed by atoms with Gasteiger partial charge in [0.2, 0.25) is 5.78 Å². The average molecular weight is 426 g/mol. The Morgan fingerprint density at radius 3 is 2.25 bits per heavy atom. The molecule has 0 saturated heterocycles. The molecule has 0 aliphatic heterocycles. The van der Waals surface area contributed by atoms with Gasteiger partial charge in [0, 0.05) is 40.1 Å². The summed E-state index contributed by atoms with van der Waals surface area (Å²) in [7, 11) is 0. The number of rotatable bonds is 5. The van der Waals surface area contributed by atoms with E-state index in [1.54, 1.807) is 6.08 Å². The third kappa shape index (κ3) is 3.84. The minimum absolute atomic E-state index is 0.181. The van der Waals surface area contributed by atoms with E-state index in [4.69, 9.17) is 0 Å². The second-order valence-corrected chi connectivity index (χ2v) is 9.09. The van der Waals surface area contributed by atoms with Crippen molar-refractivity contribution in [2.75, 3.05) is 0 Å². The first-order valence-corrected chi connectivity index (χ1v) is 11.4. The van der Waals surface area contributed by atoms with Crippen LogP contribution in [0, 0.1) is 45.9 Å². The third-order valence-corrected chi connectivity index (χ3v) is 6.85. The van der Waals surface area contributed by atoms with Crippen molar-refractivity contribution in [3.05, 3.63) is 81.4 Å². The van der Waals surface area contributed by atoms with E-state index in [1.807, 2.05) is 32.9 Å². The number of aromatic nitrogens is 2. The molecule has 1 aliphatic carbocycles. The van der Waals surface area contributed by atoms with Crippen molar-refractivity contribution in [2.45, 2.75) is 66.3 Å². The normalized spacial score (nSPS) is 14.7. The quantitative estimate of drug-likeness (QED) is 0.259. The number of carbonyl (C=O) groups is 1. The summed E-state index contributed by atoms with van der Waals surface area (Å²) in [5.41, 5.74) is 8.19. The number of nitrogens with zero attached hydrogens (tertiary/aromatic N) is 3. The summed E-state index contributed by atoms with van der Waals surface area (Å²) in [5, 5.41) is 9.86. The molecule has 0 unspecified atom stereocenters. The van der Waals surface area contributed by atoms with E-state index in [0.29, 0.717) is 11.6 Å². The van der Waals surface area contributed by atoms with Gasteiger partial charge >= 0.3 is 0 Å². The van der Waals surface area contributed by atoms with Crippen molar-refractivity contribution in [2.24, 2.45) is 0 Å². The van der Waals surface area contributed by atoms with Gasteiger partial charge in [-0.1, -0.05) is 30.5 Å². The topological polar surface area (TPSA) is 50.7 Å². The number of ketones is 1. The van der Waals surface area contributed by atoms with Gasteiger partial charge in [-0.2, -0.15) is 5.26 Å². The molecule has 164 valence electrons. The Balaban J connectivity index is 1.71. The summed E-state index contributed by atoms with van der Waals surface area (Å²) in [6.07, 6.45) is 6.55. The molecule has 0 atom stereocenters. The Hall–Kier alpha value is -3.32. The van der Waals surface area contributed by atoms with E-state index in [2.05, 4.69) is 53.3 Å². The van der Waals surface area contributed by atoms with Gasteiger partial charge in [-0.3, -0.25) is 4.79 Å². The monoisotopic (exact) mass is 425 g/mol. The highest BCUT2D eigenvalue weighted by molar-refractivity contribution is 6.14. The first-order valence-electron chi connectivity index (χ1n) is 11.4. The minimum atomic E-state index is -0.190. The molecule has 0 radical (unpaired) electrons. The van der Waals surface area contributed by atoms with E-state index in [1.165, 1.54) is 18.4 Å². The van der Waals surface area contributed by atoms with Crippen molar-refractivity contribution < 1.29 is 4.79 Å². The smallest absolute Gasteiger partial charge is 0.205 e. The summed E-state index contributed by atoms with van der Waals surface area (Å²) in [4.78, 5) is 13.4.